The number of halogens is 1. The quantitative estimate of drug-likeness (QED) is 0.270. The molecule has 4 aromatic rings. The first-order valence-corrected chi connectivity index (χ1v) is 12.4. The van der Waals surface area contributed by atoms with E-state index in [2.05, 4.69) is 25.0 Å². The first-order chi connectivity index (χ1) is 16.2. The molecular formula is C23H24ClN5O3S. The standard InChI is InChI=1S/C23H24ClN5O3S/c1-15-12-16(24)9-10-18(15)31-13-20-25-28-23(29(20)17-6-3-2-4-7-17)33-14-21-26-27-22(32-21)19-8-5-11-30-19/h5,8-12,17H,2-4,6-7,13-14H2,1H3. The van der Waals surface area contributed by atoms with Crippen molar-refractivity contribution in [3.05, 3.63) is 58.9 Å². The van der Waals surface area contributed by atoms with Crippen molar-refractivity contribution in [3.63, 3.8) is 0 Å². The van der Waals surface area contributed by atoms with Crippen molar-refractivity contribution in [1.29, 1.82) is 0 Å². The second-order valence-corrected chi connectivity index (χ2v) is 9.40. The predicted octanol–water partition coefficient (Wildman–Crippen LogP) is 6.26. The molecule has 33 heavy (non-hydrogen) atoms. The van der Waals surface area contributed by atoms with Gasteiger partial charge in [-0.15, -0.1) is 20.4 Å². The molecule has 1 saturated carbocycles. The van der Waals surface area contributed by atoms with Crippen molar-refractivity contribution in [1.82, 2.24) is 25.0 Å². The maximum absolute atomic E-state index is 6.09. The molecule has 0 spiro atoms. The van der Waals surface area contributed by atoms with Crippen LogP contribution in [-0.4, -0.2) is 25.0 Å². The summed E-state index contributed by atoms with van der Waals surface area (Å²) in [6, 6.07) is 9.56. The van der Waals surface area contributed by atoms with Crippen LogP contribution in [0, 0.1) is 6.92 Å². The van der Waals surface area contributed by atoms with E-state index in [9.17, 15) is 0 Å². The van der Waals surface area contributed by atoms with E-state index in [4.69, 9.17) is 25.2 Å². The first-order valence-electron chi connectivity index (χ1n) is 11.0. The third-order valence-corrected chi connectivity index (χ3v) is 6.86. The van der Waals surface area contributed by atoms with E-state index in [0.717, 1.165) is 35.1 Å². The molecule has 0 saturated heterocycles. The molecule has 8 nitrogen and oxygen atoms in total. The van der Waals surface area contributed by atoms with Crippen LogP contribution in [-0.2, 0) is 12.4 Å². The van der Waals surface area contributed by atoms with E-state index >= 15 is 0 Å². The van der Waals surface area contributed by atoms with Crippen molar-refractivity contribution < 1.29 is 13.6 Å². The largest absolute Gasteiger partial charge is 0.485 e. The van der Waals surface area contributed by atoms with Crippen LogP contribution in [0.5, 0.6) is 5.75 Å². The molecule has 10 heteroatoms. The fourth-order valence-electron chi connectivity index (χ4n) is 4.07. The van der Waals surface area contributed by atoms with Crippen LogP contribution in [0.3, 0.4) is 0 Å². The molecule has 1 aromatic carbocycles. The zero-order valence-corrected chi connectivity index (χ0v) is 19.8. The van der Waals surface area contributed by atoms with Crippen LogP contribution < -0.4 is 4.74 Å². The number of hydrogen-bond donors (Lipinski definition) is 0. The number of rotatable bonds is 8. The van der Waals surface area contributed by atoms with Gasteiger partial charge in [0.2, 0.25) is 5.89 Å². The Kier molecular flexibility index (Phi) is 6.68. The van der Waals surface area contributed by atoms with Gasteiger partial charge in [0, 0.05) is 11.1 Å². The van der Waals surface area contributed by atoms with Crippen LogP contribution in [0.1, 0.15) is 55.4 Å². The minimum Gasteiger partial charge on any atom is -0.485 e. The van der Waals surface area contributed by atoms with Crippen molar-refractivity contribution in [2.45, 2.75) is 62.6 Å². The molecule has 1 aliphatic carbocycles. The Bertz CT molecular complexity index is 1200. The highest BCUT2D eigenvalue weighted by atomic mass is 35.5. The Labute approximate surface area is 200 Å². The summed E-state index contributed by atoms with van der Waals surface area (Å²) in [7, 11) is 0. The number of ether oxygens (including phenoxy) is 1. The number of nitrogens with zero attached hydrogens (tertiary/aromatic N) is 5. The minimum atomic E-state index is 0.343. The van der Waals surface area contributed by atoms with Gasteiger partial charge in [-0.25, -0.2) is 0 Å². The van der Waals surface area contributed by atoms with Crippen molar-refractivity contribution in [2.24, 2.45) is 0 Å². The predicted molar refractivity (Wildman–Crippen MR) is 124 cm³/mol. The second-order valence-electron chi connectivity index (χ2n) is 8.03. The lowest BCUT2D eigenvalue weighted by atomic mass is 9.95. The molecule has 1 aliphatic rings. The Morgan fingerprint density at radius 3 is 2.79 bits per heavy atom. The first kappa shape index (κ1) is 22.0. The van der Waals surface area contributed by atoms with E-state index in [1.165, 1.54) is 19.3 Å². The molecule has 0 N–H and O–H groups in total. The number of thioether (sulfide) groups is 1. The molecule has 0 bridgehead atoms. The van der Waals surface area contributed by atoms with Crippen LogP contribution in [0.4, 0.5) is 0 Å². The molecule has 0 atom stereocenters. The van der Waals surface area contributed by atoms with Gasteiger partial charge in [0.05, 0.1) is 12.0 Å². The van der Waals surface area contributed by atoms with Gasteiger partial charge in [0.25, 0.3) is 5.89 Å². The number of benzene rings is 1. The summed E-state index contributed by atoms with van der Waals surface area (Å²) in [4.78, 5) is 0. The zero-order valence-electron chi connectivity index (χ0n) is 18.2. The lowest BCUT2D eigenvalue weighted by Gasteiger charge is -2.25. The van der Waals surface area contributed by atoms with Crippen LogP contribution in [0.25, 0.3) is 11.7 Å². The summed E-state index contributed by atoms with van der Waals surface area (Å²) in [6.07, 6.45) is 7.49. The molecule has 0 radical (unpaired) electrons. The average Bonchev–Trinajstić information content (AvgIpc) is 3.58. The van der Waals surface area contributed by atoms with Crippen LogP contribution >= 0.6 is 23.4 Å². The second kappa shape index (κ2) is 10.0. The topological polar surface area (TPSA) is 92.0 Å². The molecule has 5 rings (SSSR count). The van der Waals surface area contributed by atoms with E-state index < -0.39 is 0 Å². The van der Waals surface area contributed by atoms with Gasteiger partial charge in [-0.1, -0.05) is 42.6 Å². The summed E-state index contributed by atoms with van der Waals surface area (Å²) >= 11 is 7.61. The van der Waals surface area contributed by atoms with Gasteiger partial charge in [-0.05, 0) is 55.7 Å². The molecule has 0 amide bonds. The highest BCUT2D eigenvalue weighted by Crippen LogP contribution is 2.34. The van der Waals surface area contributed by atoms with Gasteiger partial charge >= 0.3 is 0 Å². The number of furan rings is 1. The minimum absolute atomic E-state index is 0.343. The summed E-state index contributed by atoms with van der Waals surface area (Å²) < 4.78 is 19.4. The molecule has 3 heterocycles. The van der Waals surface area contributed by atoms with Gasteiger partial charge in [-0.2, -0.15) is 0 Å². The van der Waals surface area contributed by atoms with Crippen molar-refractivity contribution >= 4 is 23.4 Å². The molecule has 172 valence electrons. The van der Waals surface area contributed by atoms with Gasteiger partial charge in [0.15, 0.2) is 16.7 Å². The highest BCUT2D eigenvalue weighted by Gasteiger charge is 2.24. The molecule has 0 aliphatic heterocycles. The van der Waals surface area contributed by atoms with Crippen molar-refractivity contribution in [2.75, 3.05) is 0 Å². The summed E-state index contributed by atoms with van der Waals surface area (Å²) in [5.41, 5.74) is 0.990. The fraction of sp³-hybridized carbons (Fsp3) is 0.391. The molecule has 1 fully saturated rings. The maximum Gasteiger partial charge on any atom is 0.283 e. The van der Waals surface area contributed by atoms with Gasteiger partial charge in [-0.3, -0.25) is 4.57 Å². The Hall–Kier alpha value is -2.78. The smallest absolute Gasteiger partial charge is 0.283 e. The number of aryl methyl sites for hydroxylation is 1. The summed E-state index contributed by atoms with van der Waals surface area (Å²) in [6.45, 7) is 2.32. The van der Waals surface area contributed by atoms with E-state index in [1.807, 2.05) is 25.1 Å². The Morgan fingerprint density at radius 1 is 1.12 bits per heavy atom. The van der Waals surface area contributed by atoms with Crippen LogP contribution in [0.2, 0.25) is 5.02 Å². The zero-order chi connectivity index (χ0) is 22.6. The molecule has 3 aromatic heterocycles. The summed E-state index contributed by atoms with van der Waals surface area (Å²) in [5, 5.41) is 18.7. The third-order valence-electron chi connectivity index (χ3n) is 5.69. The SMILES string of the molecule is Cc1cc(Cl)ccc1OCc1nnc(SCc2nnc(-c3ccco3)o2)n1C1CCCCC1. The number of hydrogen-bond acceptors (Lipinski definition) is 8. The van der Waals surface area contributed by atoms with Gasteiger partial charge < -0.3 is 13.6 Å². The Balaban J connectivity index is 1.32. The van der Waals surface area contributed by atoms with E-state index in [1.54, 1.807) is 30.2 Å². The molecule has 0 unspecified atom stereocenters. The van der Waals surface area contributed by atoms with Gasteiger partial charge in [0.1, 0.15) is 12.4 Å². The maximum atomic E-state index is 6.09. The lowest BCUT2D eigenvalue weighted by molar-refractivity contribution is 0.264. The highest BCUT2D eigenvalue weighted by molar-refractivity contribution is 7.98. The van der Waals surface area contributed by atoms with Crippen LogP contribution in [0.15, 0.2) is 50.6 Å². The van der Waals surface area contributed by atoms with E-state index in [-0.39, 0.29) is 0 Å². The molecular weight excluding hydrogens is 462 g/mol. The lowest BCUT2D eigenvalue weighted by Crippen LogP contribution is -2.18. The monoisotopic (exact) mass is 485 g/mol. The fourth-order valence-corrected chi connectivity index (χ4v) is 5.15. The normalized spacial score (nSPS) is 14.6. The Morgan fingerprint density at radius 2 is 2.00 bits per heavy atom. The number of aromatic nitrogens is 5. The van der Waals surface area contributed by atoms with E-state index in [0.29, 0.717) is 41.0 Å². The van der Waals surface area contributed by atoms with Crippen molar-refractivity contribution in [3.8, 4) is 17.4 Å². The average molecular weight is 486 g/mol. The third kappa shape index (κ3) is 5.09. The summed E-state index contributed by atoms with van der Waals surface area (Å²) in [5.74, 6) is 3.55.